The second-order valence-corrected chi connectivity index (χ2v) is 3.62. The average molecular weight is 231 g/mol. The van der Waals surface area contributed by atoms with E-state index in [1.165, 1.54) is 25.1 Å². The van der Waals surface area contributed by atoms with Gasteiger partial charge in [-0.05, 0) is 24.6 Å². The molecule has 0 bridgehead atoms. The Hall–Kier alpha value is -1.26. The van der Waals surface area contributed by atoms with Crippen LogP contribution in [-0.4, -0.2) is 21.3 Å². The van der Waals surface area contributed by atoms with E-state index in [0.717, 1.165) is 0 Å². The van der Waals surface area contributed by atoms with Crippen molar-refractivity contribution < 1.29 is 20.1 Å². The van der Waals surface area contributed by atoms with Crippen LogP contribution in [0.15, 0.2) is 18.2 Å². The van der Waals surface area contributed by atoms with Gasteiger partial charge in [0, 0.05) is 10.6 Å². The zero-order valence-electron chi connectivity index (χ0n) is 8.07. The molecule has 0 aromatic heterocycles. The molecule has 1 rings (SSSR count). The van der Waals surface area contributed by atoms with Gasteiger partial charge >= 0.3 is 5.97 Å². The van der Waals surface area contributed by atoms with Crippen LogP contribution in [0.4, 0.5) is 0 Å². The number of aliphatic hydroxyl groups is 1. The molecule has 0 spiro atoms. The van der Waals surface area contributed by atoms with Crippen LogP contribution < -0.4 is 0 Å². The number of hydrogen-bond donors (Lipinski definition) is 3. The van der Waals surface area contributed by atoms with Gasteiger partial charge in [-0.25, -0.2) is 4.79 Å². The highest BCUT2D eigenvalue weighted by atomic mass is 35.5. The van der Waals surface area contributed by atoms with E-state index in [-0.39, 0.29) is 22.8 Å². The summed E-state index contributed by atoms with van der Waals surface area (Å²) in [7, 11) is 0. The van der Waals surface area contributed by atoms with Gasteiger partial charge in [0.2, 0.25) is 0 Å². The maximum atomic E-state index is 10.9. The first-order chi connectivity index (χ1) is 6.91. The molecule has 0 aliphatic carbocycles. The predicted molar refractivity (Wildman–Crippen MR) is 54.9 cm³/mol. The fraction of sp³-hybridized carbons (Fsp3) is 0.300. The molecule has 15 heavy (non-hydrogen) atoms. The largest absolute Gasteiger partial charge is 0.508 e. The van der Waals surface area contributed by atoms with Crippen LogP contribution in [0, 0.1) is 0 Å². The fourth-order valence-electron chi connectivity index (χ4n) is 1.30. The molecule has 0 aliphatic heterocycles. The first-order valence-electron chi connectivity index (χ1n) is 4.36. The van der Waals surface area contributed by atoms with Crippen LogP contribution in [0.3, 0.4) is 0 Å². The van der Waals surface area contributed by atoms with E-state index in [1.807, 2.05) is 0 Å². The van der Waals surface area contributed by atoms with E-state index in [0.29, 0.717) is 0 Å². The number of carboxylic acid groups (broad SMARTS) is 1. The van der Waals surface area contributed by atoms with Gasteiger partial charge in [-0.1, -0.05) is 18.5 Å². The van der Waals surface area contributed by atoms with Crippen molar-refractivity contribution in [1.29, 1.82) is 0 Å². The van der Waals surface area contributed by atoms with Gasteiger partial charge in [0.1, 0.15) is 5.75 Å². The zero-order chi connectivity index (χ0) is 11.6. The molecule has 4 nitrogen and oxygen atoms in total. The normalized spacial score (nSPS) is 14.6. The van der Waals surface area contributed by atoms with Gasteiger partial charge in [0.15, 0.2) is 5.60 Å². The molecule has 0 saturated heterocycles. The van der Waals surface area contributed by atoms with Gasteiger partial charge in [0.05, 0.1) is 0 Å². The molecular weight excluding hydrogens is 220 g/mol. The van der Waals surface area contributed by atoms with Crippen molar-refractivity contribution >= 4 is 17.6 Å². The number of phenols is 1. The molecule has 3 N–H and O–H groups in total. The molecular formula is C10H11ClO4. The Kier molecular flexibility index (Phi) is 3.21. The van der Waals surface area contributed by atoms with Gasteiger partial charge in [-0.2, -0.15) is 0 Å². The summed E-state index contributed by atoms with van der Waals surface area (Å²) in [5.41, 5.74) is -2.19. The van der Waals surface area contributed by atoms with E-state index >= 15 is 0 Å². The van der Waals surface area contributed by atoms with Crippen molar-refractivity contribution in [3.8, 4) is 5.75 Å². The number of halogens is 1. The smallest absolute Gasteiger partial charge is 0.340 e. The van der Waals surface area contributed by atoms with Gasteiger partial charge < -0.3 is 15.3 Å². The Morgan fingerprint density at radius 1 is 1.53 bits per heavy atom. The molecule has 1 atom stereocenters. The topological polar surface area (TPSA) is 77.8 Å². The fourth-order valence-corrected chi connectivity index (χ4v) is 1.47. The summed E-state index contributed by atoms with van der Waals surface area (Å²) in [4.78, 5) is 10.9. The summed E-state index contributed by atoms with van der Waals surface area (Å²) < 4.78 is 0. The van der Waals surface area contributed by atoms with Crippen LogP contribution in [-0.2, 0) is 10.4 Å². The van der Waals surface area contributed by atoms with Crippen molar-refractivity contribution in [3.05, 3.63) is 28.8 Å². The number of aliphatic carboxylic acids is 1. The Labute approximate surface area is 91.7 Å². The summed E-state index contributed by atoms with van der Waals surface area (Å²) >= 11 is 5.67. The van der Waals surface area contributed by atoms with Crippen molar-refractivity contribution in [3.63, 3.8) is 0 Å². The molecule has 0 heterocycles. The van der Waals surface area contributed by atoms with Crippen LogP contribution in [0.1, 0.15) is 18.9 Å². The Morgan fingerprint density at radius 2 is 2.13 bits per heavy atom. The number of benzene rings is 1. The number of carbonyl (C=O) groups is 1. The summed E-state index contributed by atoms with van der Waals surface area (Å²) in [6.07, 6.45) is -0.0593. The number of aromatic hydroxyl groups is 1. The van der Waals surface area contributed by atoms with Crippen LogP contribution in [0.5, 0.6) is 5.75 Å². The predicted octanol–water partition coefficient (Wildman–Crippen LogP) is 1.73. The number of rotatable bonds is 3. The molecule has 1 aromatic rings. The summed E-state index contributed by atoms with van der Waals surface area (Å²) in [6.45, 7) is 1.51. The summed E-state index contributed by atoms with van der Waals surface area (Å²) in [6, 6.07) is 3.91. The SMILES string of the molecule is CCC(O)(C(=O)O)c1cc(Cl)ccc1O. The summed E-state index contributed by atoms with van der Waals surface area (Å²) in [5.74, 6) is -1.70. The van der Waals surface area contributed by atoms with Gasteiger partial charge in [-0.15, -0.1) is 0 Å². The Balaban J connectivity index is 3.35. The second-order valence-electron chi connectivity index (χ2n) is 3.18. The van der Waals surface area contributed by atoms with Crippen LogP contribution >= 0.6 is 11.6 Å². The van der Waals surface area contributed by atoms with Crippen molar-refractivity contribution in [2.45, 2.75) is 18.9 Å². The maximum Gasteiger partial charge on any atom is 0.340 e. The molecule has 0 fully saturated rings. The zero-order valence-corrected chi connectivity index (χ0v) is 8.82. The monoisotopic (exact) mass is 230 g/mol. The van der Waals surface area contributed by atoms with Crippen molar-refractivity contribution in [1.82, 2.24) is 0 Å². The van der Waals surface area contributed by atoms with Crippen molar-refractivity contribution in [2.24, 2.45) is 0 Å². The Bertz CT molecular complexity index is 391. The van der Waals surface area contributed by atoms with E-state index in [1.54, 1.807) is 0 Å². The third-order valence-electron chi connectivity index (χ3n) is 2.27. The highest BCUT2D eigenvalue weighted by Crippen LogP contribution is 2.34. The number of phenolic OH excluding ortho intramolecular Hbond substituents is 1. The highest BCUT2D eigenvalue weighted by Gasteiger charge is 2.38. The highest BCUT2D eigenvalue weighted by molar-refractivity contribution is 6.30. The molecule has 0 amide bonds. The molecule has 5 heteroatoms. The molecule has 1 unspecified atom stereocenters. The number of hydrogen-bond acceptors (Lipinski definition) is 3. The van der Waals surface area contributed by atoms with E-state index < -0.39 is 11.6 Å². The molecule has 0 radical (unpaired) electrons. The lowest BCUT2D eigenvalue weighted by Gasteiger charge is -2.23. The third kappa shape index (κ3) is 2.06. The first-order valence-corrected chi connectivity index (χ1v) is 4.74. The van der Waals surface area contributed by atoms with Crippen LogP contribution in [0.2, 0.25) is 5.02 Å². The van der Waals surface area contributed by atoms with E-state index in [2.05, 4.69) is 0 Å². The standard InChI is InChI=1S/C10H11ClO4/c1-2-10(15,9(13)14)7-5-6(11)3-4-8(7)12/h3-5,12,15H,2H2,1H3,(H,13,14). The minimum Gasteiger partial charge on any atom is -0.508 e. The molecule has 82 valence electrons. The van der Waals surface area contributed by atoms with E-state index in [4.69, 9.17) is 16.7 Å². The van der Waals surface area contributed by atoms with Crippen LogP contribution in [0.25, 0.3) is 0 Å². The number of carboxylic acids is 1. The molecule has 0 saturated carbocycles. The summed E-state index contributed by atoms with van der Waals surface area (Å²) in [5, 5.41) is 28.5. The molecule has 0 aliphatic rings. The second kappa shape index (κ2) is 4.08. The minimum atomic E-state index is -2.10. The lowest BCUT2D eigenvalue weighted by Crippen LogP contribution is -2.34. The van der Waals surface area contributed by atoms with Gasteiger partial charge in [0.25, 0.3) is 0 Å². The van der Waals surface area contributed by atoms with E-state index in [9.17, 15) is 15.0 Å². The van der Waals surface area contributed by atoms with Crippen molar-refractivity contribution in [2.75, 3.05) is 0 Å². The lowest BCUT2D eigenvalue weighted by atomic mass is 9.90. The maximum absolute atomic E-state index is 10.9. The third-order valence-corrected chi connectivity index (χ3v) is 2.50. The minimum absolute atomic E-state index is 0.0593. The van der Waals surface area contributed by atoms with Gasteiger partial charge in [-0.3, -0.25) is 0 Å². The average Bonchev–Trinajstić information content (AvgIpc) is 2.20. The first kappa shape index (κ1) is 11.8. The lowest BCUT2D eigenvalue weighted by molar-refractivity contribution is -0.160. The quantitative estimate of drug-likeness (QED) is 0.739. The Morgan fingerprint density at radius 3 is 2.60 bits per heavy atom. The molecule has 1 aromatic carbocycles.